The van der Waals surface area contributed by atoms with E-state index in [1.165, 1.54) is 57.8 Å². The van der Waals surface area contributed by atoms with Crippen LogP contribution in [0.1, 0.15) is 71.1 Å². The molecule has 1 saturated heterocycles. The molecule has 2 saturated carbocycles. The smallest absolute Gasteiger partial charge is 0.116 e. The van der Waals surface area contributed by atoms with Gasteiger partial charge < -0.3 is 0 Å². The topological polar surface area (TPSA) is 3.24 Å². The van der Waals surface area contributed by atoms with E-state index in [0.717, 1.165) is 25.4 Å². The third-order valence-electron chi connectivity index (χ3n) is 6.28. The molecule has 2 aliphatic carbocycles. The second-order valence-electron chi connectivity index (χ2n) is 7.71. The fourth-order valence-electron chi connectivity index (χ4n) is 5.29. The Kier molecular flexibility index (Phi) is 5.01. The molecular formula is C18H32FN. The second-order valence-corrected chi connectivity index (χ2v) is 7.71. The van der Waals surface area contributed by atoms with Gasteiger partial charge in [0.15, 0.2) is 0 Å². The van der Waals surface area contributed by atoms with E-state index < -0.39 is 6.17 Å². The zero-order valence-electron chi connectivity index (χ0n) is 13.2. The number of rotatable bonds is 2. The molecule has 0 aromatic rings. The van der Waals surface area contributed by atoms with Gasteiger partial charge in [0.1, 0.15) is 6.17 Å². The molecule has 0 radical (unpaired) electrons. The Bertz CT molecular complexity index is 282. The molecule has 1 heterocycles. The van der Waals surface area contributed by atoms with Crippen LogP contribution in [0.5, 0.6) is 0 Å². The molecule has 0 spiro atoms. The summed E-state index contributed by atoms with van der Waals surface area (Å²) >= 11 is 0. The number of piperidine rings is 1. The molecular weight excluding hydrogens is 249 g/mol. The normalized spacial score (nSPS) is 41.7. The van der Waals surface area contributed by atoms with Crippen molar-refractivity contribution < 1.29 is 4.39 Å². The molecule has 4 atom stereocenters. The van der Waals surface area contributed by atoms with Gasteiger partial charge in [-0.2, -0.15) is 0 Å². The summed E-state index contributed by atoms with van der Waals surface area (Å²) in [6, 6.07) is 0.232. The molecule has 3 fully saturated rings. The maximum absolute atomic E-state index is 14.8. The first-order valence-corrected chi connectivity index (χ1v) is 9.14. The first kappa shape index (κ1) is 14.8. The van der Waals surface area contributed by atoms with Crippen LogP contribution in [0.3, 0.4) is 0 Å². The van der Waals surface area contributed by atoms with Gasteiger partial charge in [0.25, 0.3) is 0 Å². The zero-order valence-corrected chi connectivity index (χ0v) is 13.2. The Morgan fingerprint density at radius 1 is 0.800 bits per heavy atom. The standard InChI is InChI=1S/C18H32FN/c1-14-12-16(15-8-4-2-5-9-15)13-17(19)18(14)20-10-6-3-7-11-20/h14-18H,2-13H2,1H3. The third kappa shape index (κ3) is 3.21. The van der Waals surface area contributed by atoms with Crippen LogP contribution in [-0.2, 0) is 0 Å². The minimum absolute atomic E-state index is 0.232. The quantitative estimate of drug-likeness (QED) is 0.702. The Morgan fingerprint density at radius 2 is 1.45 bits per heavy atom. The highest BCUT2D eigenvalue weighted by atomic mass is 19.1. The number of hydrogen-bond donors (Lipinski definition) is 0. The number of likely N-dealkylation sites (tertiary alicyclic amines) is 1. The largest absolute Gasteiger partial charge is 0.297 e. The first-order chi connectivity index (χ1) is 9.75. The molecule has 3 rings (SSSR count). The van der Waals surface area contributed by atoms with Crippen molar-refractivity contribution in [3.63, 3.8) is 0 Å². The van der Waals surface area contributed by atoms with Crippen molar-refractivity contribution in [1.82, 2.24) is 4.90 Å². The van der Waals surface area contributed by atoms with Crippen molar-refractivity contribution in [3.05, 3.63) is 0 Å². The summed E-state index contributed by atoms with van der Waals surface area (Å²) in [5.74, 6) is 2.08. The van der Waals surface area contributed by atoms with Crippen LogP contribution < -0.4 is 0 Å². The fraction of sp³-hybridized carbons (Fsp3) is 1.00. The lowest BCUT2D eigenvalue weighted by Crippen LogP contribution is -2.52. The zero-order chi connectivity index (χ0) is 13.9. The van der Waals surface area contributed by atoms with Crippen molar-refractivity contribution in [3.8, 4) is 0 Å². The van der Waals surface area contributed by atoms with Crippen LogP contribution in [0, 0.1) is 17.8 Å². The summed E-state index contributed by atoms with van der Waals surface area (Å²) in [6.45, 7) is 4.61. The van der Waals surface area contributed by atoms with Crippen molar-refractivity contribution >= 4 is 0 Å². The summed E-state index contributed by atoms with van der Waals surface area (Å²) < 4.78 is 14.8. The van der Waals surface area contributed by atoms with E-state index in [1.54, 1.807) is 0 Å². The van der Waals surface area contributed by atoms with Gasteiger partial charge in [-0.1, -0.05) is 45.4 Å². The summed E-state index contributed by atoms with van der Waals surface area (Å²) in [5, 5.41) is 0. The van der Waals surface area contributed by atoms with E-state index in [0.29, 0.717) is 11.8 Å². The molecule has 0 amide bonds. The van der Waals surface area contributed by atoms with Gasteiger partial charge in [-0.25, -0.2) is 4.39 Å². The van der Waals surface area contributed by atoms with Crippen LogP contribution in [0.15, 0.2) is 0 Å². The SMILES string of the molecule is CC1CC(C2CCCCC2)CC(F)C1N1CCCCC1. The average Bonchev–Trinajstić information content (AvgIpc) is 2.48. The van der Waals surface area contributed by atoms with Crippen molar-refractivity contribution in [1.29, 1.82) is 0 Å². The fourth-order valence-corrected chi connectivity index (χ4v) is 5.29. The van der Waals surface area contributed by atoms with E-state index in [-0.39, 0.29) is 6.04 Å². The summed E-state index contributed by atoms with van der Waals surface area (Å²) in [6.07, 6.45) is 12.4. The number of alkyl halides is 1. The number of nitrogens with zero attached hydrogens (tertiary/aromatic N) is 1. The molecule has 2 heteroatoms. The minimum Gasteiger partial charge on any atom is -0.297 e. The molecule has 1 aliphatic heterocycles. The van der Waals surface area contributed by atoms with Gasteiger partial charge in [-0.3, -0.25) is 4.90 Å². The number of hydrogen-bond acceptors (Lipinski definition) is 1. The summed E-state index contributed by atoms with van der Waals surface area (Å²) in [5.41, 5.74) is 0. The van der Waals surface area contributed by atoms with Crippen molar-refractivity contribution in [2.45, 2.75) is 83.3 Å². The predicted molar refractivity (Wildman–Crippen MR) is 82.6 cm³/mol. The van der Waals surface area contributed by atoms with Crippen LogP contribution in [0.4, 0.5) is 4.39 Å². The van der Waals surface area contributed by atoms with Gasteiger partial charge in [0.2, 0.25) is 0 Å². The first-order valence-electron chi connectivity index (χ1n) is 9.14. The van der Waals surface area contributed by atoms with Crippen molar-refractivity contribution in [2.24, 2.45) is 17.8 Å². The van der Waals surface area contributed by atoms with Crippen molar-refractivity contribution in [2.75, 3.05) is 13.1 Å². The van der Waals surface area contributed by atoms with Gasteiger partial charge in [0.05, 0.1) is 0 Å². The van der Waals surface area contributed by atoms with Gasteiger partial charge in [0, 0.05) is 6.04 Å². The molecule has 3 aliphatic rings. The summed E-state index contributed by atoms with van der Waals surface area (Å²) in [7, 11) is 0. The molecule has 0 aromatic heterocycles. The molecule has 0 aromatic carbocycles. The molecule has 0 bridgehead atoms. The van der Waals surface area contributed by atoms with Gasteiger partial charge in [-0.15, -0.1) is 0 Å². The van der Waals surface area contributed by atoms with Crippen LogP contribution in [-0.4, -0.2) is 30.2 Å². The Morgan fingerprint density at radius 3 is 2.10 bits per heavy atom. The third-order valence-corrected chi connectivity index (χ3v) is 6.28. The molecule has 20 heavy (non-hydrogen) atoms. The van der Waals surface area contributed by atoms with Crippen LogP contribution in [0.2, 0.25) is 0 Å². The van der Waals surface area contributed by atoms with E-state index in [2.05, 4.69) is 11.8 Å². The van der Waals surface area contributed by atoms with E-state index >= 15 is 0 Å². The molecule has 1 nitrogen and oxygen atoms in total. The van der Waals surface area contributed by atoms with E-state index in [9.17, 15) is 4.39 Å². The Balaban J connectivity index is 1.60. The molecule has 0 N–H and O–H groups in total. The van der Waals surface area contributed by atoms with Gasteiger partial charge in [-0.05, 0) is 56.5 Å². The monoisotopic (exact) mass is 281 g/mol. The van der Waals surface area contributed by atoms with Gasteiger partial charge >= 0.3 is 0 Å². The minimum atomic E-state index is -0.566. The molecule has 4 unspecified atom stereocenters. The Labute approximate surface area is 124 Å². The highest BCUT2D eigenvalue weighted by Gasteiger charge is 2.41. The molecule has 116 valence electrons. The Hall–Kier alpha value is -0.110. The van der Waals surface area contributed by atoms with E-state index in [1.807, 2.05) is 0 Å². The lowest BCUT2D eigenvalue weighted by atomic mass is 9.68. The lowest BCUT2D eigenvalue weighted by Gasteiger charge is -2.46. The second kappa shape index (κ2) is 6.77. The number of halogens is 1. The van der Waals surface area contributed by atoms with Crippen LogP contribution in [0.25, 0.3) is 0 Å². The average molecular weight is 281 g/mol. The maximum Gasteiger partial charge on any atom is 0.116 e. The predicted octanol–water partition coefficient (Wildman–Crippen LogP) is 4.81. The van der Waals surface area contributed by atoms with E-state index in [4.69, 9.17) is 0 Å². The maximum atomic E-state index is 14.8. The highest BCUT2D eigenvalue weighted by Crippen LogP contribution is 2.42. The highest BCUT2D eigenvalue weighted by molar-refractivity contribution is 4.94. The lowest BCUT2D eigenvalue weighted by molar-refractivity contribution is -0.00773. The summed E-state index contributed by atoms with van der Waals surface area (Å²) in [4.78, 5) is 2.48. The van der Waals surface area contributed by atoms with Crippen LogP contribution >= 0.6 is 0 Å².